The van der Waals surface area contributed by atoms with E-state index in [0.29, 0.717) is 12.8 Å². The zero-order chi connectivity index (χ0) is 39.0. The number of amides is 4. The molecule has 4 amide bonds. The van der Waals surface area contributed by atoms with Crippen molar-refractivity contribution < 1.29 is 43.0 Å². The fourth-order valence-electron chi connectivity index (χ4n) is 6.03. The molecule has 3 aromatic rings. The summed E-state index contributed by atoms with van der Waals surface area (Å²) in [5.41, 5.74) is 11.4. The zero-order valence-corrected chi connectivity index (χ0v) is 32.0. The van der Waals surface area contributed by atoms with Crippen LogP contribution in [-0.4, -0.2) is 80.2 Å². The molecule has 55 heavy (non-hydrogen) atoms. The number of alkyl carbamates (subject to hydrolysis) is 1. The highest BCUT2D eigenvalue weighted by Gasteiger charge is 2.30. The van der Waals surface area contributed by atoms with E-state index in [0.717, 1.165) is 27.8 Å². The molecule has 0 unspecified atom stereocenters. The van der Waals surface area contributed by atoms with Gasteiger partial charge in [-0.15, -0.1) is 12.4 Å². The number of hydrogen-bond acceptors (Lipinski definition) is 10. The lowest BCUT2D eigenvalue weighted by Gasteiger charge is -2.23. The van der Waals surface area contributed by atoms with Crippen LogP contribution in [0.5, 0.6) is 0 Å². The first-order chi connectivity index (χ1) is 26.0. The summed E-state index contributed by atoms with van der Waals surface area (Å²) < 4.78 is 15.5. The van der Waals surface area contributed by atoms with E-state index < -0.39 is 59.9 Å². The highest BCUT2D eigenvalue weighted by Crippen LogP contribution is 2.44. The van der Waals surface area contributed by atoms with Crippen molar-refractivity contribution in [3.8, 4) is 11.1 Å². The second-order valence-corrected chi connectivity index (χ2v) is 13.1. The first-order valence-electron chi connectivity index (χ1n) is 18.0. The van der Waals surface area contributed by atoms with E-state index in [-0.39, 0.29) is 57.3 Å². The third-order valence-corrected chi connectivity index (χ3v) is 9.07. The number of halogens is 1. The fourth-order valence-corrected chi connectivity index (χ4v) is 6.03. The van der Waals surface area contributed by atoms with E-state index in [1.165, 1.54) is 21.0 Å². The van der Waals surface area contributed by atoms with Crippen LogP contribution in [0.4, 0.5) is 4.79 Å². The van der Waals surface area contributed by atoms with Gasteiger partial charge in [0, 0.05) is 18.9 Å². The van der Waals surface area contributed by atoms with E-state index in [1.807, 2.05) is 66.7 Å². The van der Waals surface area contributed by atoms with Gasteiger partial charge in [-0.2, -0.15) is 0 Å². The smallest absolute Gasteiger partial charge is 0.407 e. The predicted molar refractivity (Wildman–Crippen MR) is 207 cm³/mol. The maximum absolute atomic E-state index is 13.3. The molecule has 3 aromatic carbocycles. The molecule has 0 saturated heterocycles. The summed E-state index contributed by atoms with van der Waals surface area (Å²) in [5, 5.41) is 10.4. The number of rotatable bonds is 19. The molecule has 0 heterocycles. The van der Waals surface area contributed by atoms with Crippen LogP contribution >= 0.6 is 12.4 Å². The Morgan fingerprint density at radius 1 is 0.709 bits per heavy atom. The van der Waals surface area contributed by atoms with E-state index in [1.54, 1.807) is 0 Å². The Balaban J connectivity index is 0.00000812. The molecule has 0 bridgehead atoms. The summed E-state index contributed by atoms with van der Waals surface area (Å²) in [4.78, 5) is 75.7. The minimum absolute atomic E-state index is 0. The first kappa shape index (κ1) is 43.9. The molecular formula is C40H50ClN5O9. The summed E-state index contributed by atoms with van der Waals surface area (Å²) in [6, 6.07) is 21.0. The van der Waals surface area contributed by atoms with E-state index in [4.69, 9.17) is 15.2 Å². The topological polar surface area (TPSA) is 204 Å². The second kappa shape index (κ2) is 22.0. The maximum atomic E-state index is 13.3. The Bertz CT molecular complexity index is 1730. The number of nitrogens with one attached hydrogen (secondary N) is 4. The van der Waals surface area contributed by atoms with Crippen molar-refractivity contribution in [3.63, 3.8) is 0 Å². The van der Waals surface area contributed by atoms with Crippen LogP contribution in [0.3, 0.4) is 0 Å². The first-order valence-corrected chi connectivity index (χ1v) is 18.0. The monoisotopic (exact) mass is 779 g/mol. The average molecular weight is 780 g/mol. The van der Waals surface area contributed by atoms with Crippen LogP contribution in [0.25, 0.3) is 11.1 Å². The summed E-state index contributed by atoms with van der Waals surface area (Å²) >= 11 is 0. The quantitative estimate of drug-likeness (QED) is 0.0679. The molecule has 14 nitrogen and oxygen atoms in total. The molecule has 296 valence electrons. The Hall–Kier alpha value is -5.47. The van der Waals surface area contributed by atoms with Gasteiger partial charge in [0.1, 0.15) is 31.3 Å². The lowest BCUT2D eigenvalue weighted by molar-refractivity contribution is -0.145. The lowest BCUT2D eigenvalue weighted by Crippen LogP contribution is -2.56. The maximum Gasteiger partial charge on any atom is 0.407 e. The van der Waals surface area contributed by atoms with Crippen molar-refractivity contribution in [3.05, 3.63) is 95.6 Å². The molecule has 4 rings (SSSR count). The van der Waals surface area contributed by atoms with Crippen molar-refractivity contribution in [2.24, 2.45) is 5.73 Å². The number of ether oxygens (including phenoxy) is 3. The van der Waals surface area contributed by atoms with E-state index in [2.05, 4.69) is 38.1 Å². The third kappa shape index (κ3) is 13.1. The normalized spacial score (nSPS) is 13.6. The van der Waals surface area contributed by atoms with E-state index >= 15 is 0 Å². The van der Waals surface area contributed by atoms with Gasteiger partial charge in [-0.05, 0) is 67.3 Å². The highest BCUT2D eigenvalue weighted by molar-refractivity contribution is 5.94. The summed E-state index contributed by atoms with van der Waals surface area (Å²) in [7, 11) is 1.19. The number of nitrogens with two attached hydrogens (primary N) is 1. The van der Waals surface area contributed by atoms with Crippen molar-refractivity contribution in [2.75, 3.05) is 20.3 Å². The van der Waals surface area contributed by atoms with Crippen molar-refractivity contribution in [2.45, 2.75) is 82.6 Å². The summed E-state index contributed by atoms with van der Waals surface area (Å²) in [5.74, 6) is -3.22. The Morgan fingerprint density at radius 2 is 1.31 bits per heavy atom. The van der Waals surface area contributed by atoms with Crippen LogP contribution in [-0.2, 0) is 44.8 Å². The average Bonchev–Trinajstić information content (AvgIpc) is 3.50. The van der Waals surface area contributed by atoms with Crippen LogP contribution in [0.2, 0.25) is 0 Å². The lowest BCUT2D eigenvalue weighted by atomic mass is 9.98. The highest BCUT2D eigenvalue weighted by atomic mass is 35.5. The second-order valence-electron chi connectivity index (χ2n) is 13.1. The third-order valence-electron chi connectivity index (χ3n) is 9.07. The van der Waals surface area contributed by atoms with Gasteiger partial charge in [0.15, 0.2) is 0 Å². The number of methoxy groups -OCH3 is 1. The van der Waals surface area contributed by atoms with Gasteiger partial charge < -0.3 is 41.2 Å². The van der Waals surface area contributed by atoms with E-state index in [9.17, 15) is 28.8 Å². The molecule has 0 spiro atoms. The molecule has 1 aliphatic rings. The predicted octanol–water partition coefficient (Wildman–Crippen LogP) is 3.64. The largest absolute Gasteiger partial charge is 0.467 e. The van der Waals surface area contributed by atoms with Crippen LogP contribution in [0, 0.1) is 0 Å². The van der Waals surface area contributed by atoms with Crippen LogP contribution in [0.1, 0.15) is 68.6 Å². The molecule has 6 N–H and O–H groups in total. The Morgan fingerprint density at radius 3 is 1.95 bits per heavy atom. The molecule has 0 aromatic heterocycles. The van der Waals surface area contributed by atoms with Crippen molar-refractivity contribution in [1.29, 1.82) is 0 Å². The minimum atomic E-state index is -1.12. The molecule has 4 atom stereocenters. The van der Waals surface area contributed by atoms with Gasteiger partial charge in [0.05, 0.1) is 13.2 Å². The fraction of sp³-hybridized carbons (Fsp3) is 0.400. The molecule has 1 aliphatic carbocycles. The Kier molecular flexibility index (Phi) is 17.6. The molecule has 0 aliphatic heterocycles. The molecule has 0 radical (unpaired) electrons. The number of fused-ring (bicyclic) bond motifs is 3. The molecule has 0 saturated carbocycles. The number of carbonyl (C=O) groups excluding carboxylic acids is 6. The Labute approximate surface area is 327 Å². The van der Waals surface area contributed by atoms with Gasteiger partial charge >= 0.3 is 18.0 Å². The van der Waals surface area contributed by atoms with Crippen LogP contribution in [0.15, 0.2) is 78.9 Å². The van der Waals surface area contributed by atoms with Crippen LogP contribution < -0.4 is 27.0 Å². The molecular weight excluding hydrogens is 730 g/mol. The van der Waals surface area contributed by atoms with Crippen molar-refractivity contribution >= 4 is 48.2 Å². The number of unbranched alkanes of at least 4 members (excludes halogenated alkanes) is 1. The minimum Gasteiger partial charge on any atom is -0.467 e. The number of esters is 2. The standard InChI is InChI=1S/C40H49N5O9.ClH/c1-25(36(47)44-26(2)39(50)52-3)43-38(49)34(45-37(48)33(41)20-21-35(46)53-23-27-13-5-4-6-14-27)19-11-12-22-42-40(51)54-24-32-30-17-9-7-15-28(30)29-16-8-10-18-31(29)32;/h4-10,13-18,25-26,32-34H,11-12,19-24,41H2,1-3H3,(H,42,51)(H,43,49)(H,44,47)(H,45,48);1H/t25-,26-,33+,34+;/m1./s1. The van der Waals surface area contributed by atoms with Gasteiger partial charge in [-0.3, -0.25) is 19.2 Å². The van der Waals surface area contributed by atoms with Crippen molar-refractivity contribution in [1.82, 2.24) is 21.3 Å². The van der Waals surface area contributed by atoms with Gasteiger partial charge in [-0.1, -0.05) is 78.9 Å². The van der Waals surface area contributed by atoms with Gasteiger partial charge in [0.2, 0.25) is 17.7 Å². The molecule has 15 heteroatoms. The summed E-state index contributed by atoms with van der Waals surface area (Å²) in [6.07, 6.45) is 0.257. The van der Waals surface area contributed by atoms with Gasteiger partial charge in [-0.25, -0.2) is 9.59 Å². The summed E-state index contributed by atoms with van der Waals surface area (Å²) in [6.45, 7) is 3.37. The SMILES string of the molecule is COC(=O)[C@@H](C)NC(=O)[C@@H](C)NC(=O)[C@H](CCCCNC(=O)OCC1c2ccccc2-c2ccccc21)NC(=O)[C@@H](N)CCC(=O)OCc1ccccc1.Cl. The number of hydrogen-bond donors (Lipinski definition) is 5. The van der Waals surface area contributed by atoms with Gasteiger partial charge in [0.25, 0.3) is 0 Å². The molecule has 0 fully saturated rings. The number of carbonyl (C=O) groups is 6. The zero-order valence-electron chi connectivity index (χ0n) is 31.2. The number of benzene rings is 3.